The Morgan fingerprint density at radius 2 is 1.86 bits per heavy atom. The minimum atomic E-state index is -0.918. The zero-order chi connectivity index (χ0) is 16.4. The van der Waals surface area contributed by atoms with Gasteiger partial charge < -0.3 is 14.8 Å². The van der Waals surface area contributed by atoms with Crippen molar-refractivity contribution in [2.75, 3.05) is 19.8 Å². The van der Waals surface area contributed by atoms with Crippen molar-refractivity contribution >= 4 is 11.9 Å². The molecule has 1 fully saturated rings. The van der Waals surface area contributed by atoms with E-state index in [4.69, 9.17) is 9.47 Å². The Morgan fingerprint density at radius 1 is 1.18 bits per heavy atom. The average molecular weight is 313 g/mol. The number of unbranched alkanes of at least 4 members (excludes halogenated alkanes) is 3. The lowest BCUT2D eigenvalue weighted by atomic mass is 9.91. The maximum atomic E-state index is 12.4. The van der Waals surface area contributed by atoms with Gasteiger partial charge in [-0.3, -0.25) is 4.79 Å². The maximum Gasteiger partial charge on any atom is 0.331 e. The lowest BCUT2D eigenvalue weighted by Crippen LogP contribution is -2.55. The summed E-state index contributed by atoms with van der Waals surface area (Å²) in [4.78, 5) is 24.7. The molecule has 0 saturated carbocycles. The van der Waals surface area contributed by atoms with Crippen LogP contribution in [0.4, 0.5) is 0 Å². The molecule has 1 atom stereocenters. The number of rotatable bonds is 9. The molecule has 0 aliphatic carbocycles. The van der Waals surface area contributed by atoms with Crippen LogP contribution >= 0.6 is 0 Å². The van der Waals surface area contributed by atoms with Crippen LogP contribution in [0.3, 0.4) is 0 Å². The standard InChI is InChI=1S/C17H31NO4/c1-4-6-7-8-11-17(3,16(20)22-5-2)18-15(19)14-9-12-21-13-10-14/h14H,4-13H2,1-3H3,(H,18,19)/t17-/m0/s1. The number of ether oxygens (including phenoxy) is 2. The fraction of sp³-hybridized carbons (Fsp3) is 0.882. The van der Waals surface area contributed by atoms with Crippen molar-refractivity contribution in [2.45, 2.75) is 71.3 Å². The number of esters is 1. The summed E-state index contributed by atoms with van der Waals surface area (Å²) >= 11 is 0. The number of carbonyl (C=O) groups is 2. The quantitative estimate of drug-likeness (QED) is 0.525. The van der Waals surface area contributed by atoms with Crippen LogP contribution in [0, 0.1) is 5.92 Å². The molecule has 0 aromatic heterocycles. The Labute approximate surface area is 134 Å². The SMILES string of the molecule is CCCCCC[C@](C)(NC(=O)C1CCOCC1)C(=O)OCC. The van der Waals surface area contributed by atoms with Gasteiger partial charge in [-0.15, -0.1) is 0 Å². The molecule has 0 aromatic rings. The van der Waals surface area contributed by atoms with E-state index >= 15 is 0 Å². The van der Waals surface area contributed by atoms with Gasteiger partial charge in [0.25, 0.3) is 0 Å². The van der Waals surface area contributed by atoms with Crippen LogP contribution in [0.15, 0.2) is 0 Å². The highest BCUT2D eigenvalue weighted by molar-refractivity contribution is 5.88. The molecule has 5 heteroatoms. The molecule has 1 amide bonds. The third-order valence-electron chi connectivity index (χ3n) is 4.25. The van der Waals surface area contributed by atoms with Crippen LogP contribution in [0.2, 0.25) is 0 Å². The third kappa shape index (κ3) is 5.95. The van der Waals surface area contributed by atoms with Gasteiger partial charge in [-0.25, -0.2) is 4.79 Å². The molecule has 1 N–H and O–H groups in total. The summed E-state index contributed by atoms with van der Waals surface area (Å²) < 4.78 is 10.5. The summed E-state index contributed by atoms with van der Waals surface area (Å²) in [6, 6.07) is 0. The molecule has 0 bridgehead atoms. The van der Waals surface area contributed by atoms with Crippen LogP contribution in [0.25, 0.3) is 0 Å². The van der Waals surface area contributed by atoms with E-state index in [1.165, 1.54) is 0 Å². The van der Waals surface area contributed by atoms with Crippen molar-refractivity contribution < 1.29 is 19.1 Å². The van der Waals surface area contributed by atoms with E-state index < -0.39 is 5.54 Å². The van der Waals surface area contributed by atoms with E-state index in [0.717, 1.165) is 38.5 Å². The molecule has 1 aliphatic rings. The van der Waals surface area contributed by atoms with Crippen LogP contribution < -0.4 is 5.32 Å². The average Bonchev–Trinajstić information content (AvgIpc) is 2.52. The maximum absolute atomic E-state index is 12.4. The highest BCUT2D eigenvalue weighted by Crippen LogP contribution is 2.21. The molecule has 0 aromatic carbocycles. The summed E-state index contributed by atoms with van der Waals surface area (Å²) in [5, 5.41) is 2.96. The summed E-state index contributed by atoms with van der Waals surface area (Å²) in [6.45, 7) is 7.28. The zero-order valence-corrected chi connectivity index (χ0v) is 14.3. The normalized spacial score (nSPS) is 18.5. The minimum absolute atomic E-state index is 0.0469. The second kappa shape index (κ2) is 9.82. The van der Waals surface area contributed by atoms with Crippen molar-refractivity contribution in [3.63, 3.8) is 0 Å². The first-order valence-electron chi connectivity index (χ1n) is 8.60. The van der Waals surface area contributed by atoms with Gasteiger partial charge in [-0.05, 0) is 33.1 Å². The lowest BCUT2D eigenvalue weighted by Gasteiger charge is -2.31. The lowest BCUT2D eigenvalue weighted by molar-refractivity contribution is -0.154. The number of hydrogen-bond donors (Lipinski definition) is 1. The topological polar surface area (TPSA) is 64.6 Å². The Morgan fingerprint density at radius 3 is 2.45 bits per heavy atom. The van der Waals surface area contributed by atoms with E-state index in [1.807, 2.05) is 0 Å². The first-order chi connectivity index (χ1) is 10.5. The monoisotopic (exact) mass is 313 g/mol. The zero-order valence-electron chi connectivity index (χ0n) is 14.3. The Hall–Kier alpha value is -1.10. The minimum Gasteiger partial charge on any atom is -0.464 e. The molecule has 1 aliphatic heterocycles. The molecule has 0 unspecified atom stereocenters. The van der Waals surface area contributed by atoms with Crippen molar-refractivity contribution in [1.82, 2.24) is 5.32 Å². The first-order valence-corrected chi connectivity index (χ1v) is 8.60. The van der Waals surface area contributed by atoms with Crippen LogP contribution in [-0.4, -0.2) is 37.2 Å². The predicted octanol–water partition coefficient (Wildman–Crippen LogP) is 2.82. The van der Waals surface area contributed by atoms with Gasteiger partial charge in [0.2, 0.25) is 5.91 Å². The van der Waals surface area contributed by atoms with Crippen molar-refractivity contribution in [3.05, 3.63) is 0 Å². The number of carbonyl (C=O) groups excluding carboxylic acids is 2. The first kappa shape index (κ1) is 18.9. The van der Waals surface area contributed by atoms with Crippen molar-refractivity contribution in [1.29, 1.82) is 0 Å². The molecule has 128 valence electrons. The molecule has 1 heterocycles. The molecule has 1 saturated heterocycles. The fourth-order valence-corrected chi connectivity index (χ4v) is 2.75. The van der Waals surface area contributed by atoms with E-state index in [1.54, 1.807) is 13.8 Å². The van der Waals surface area contributed by atoms with E-state index in [0.29, 0.717) is 26.2 Å². The molecular formula is C17H31NO4. The molecule has 1 rings (SSSR count). The van der Waals surface area contributed by atoms with Gasteiger partial charge in [-0.2, -0.15) is 0 Å². The summed E-state index contributed by atoms with van der Waals surface area (Å²) in [6.07, 6.45) is 6.34. The van der Waals surface area contributed by atoms with Gasteiger partial charge in [-0.1, -0.05) is 32.6 Å². The van der Waals surface area contributed by atoms with Crippen LogP contribution in [0.1, 0.15) is 65.7 Å². The third-order valence-corrected chi connectivity index (χ3v) is 4.25. The van der Waals surface area contributed by atoms with Crippen molar-refractivity contribution in [3.8, 4) is 0 Å². The van der Waals surface area contributed by atoms with Gasteiger partial charge in [0.05, 0.1) is 6.61 Å². The highest BCUT2D eigenvalue weighted by Gasteiger charge is 2.37. The molecule has 0 spiro atoms. The highest BCUT2D eigenvalue weighted by atomic mass is 16.5. The van der Waals surface area contributed by atoms with Crippen LogP contribution in [-0.2, 0) is 19.1 Å². The summed E-state index contributed by atoms with van der Waals surface area (Å²) in [5.74, 6) is -0.431. The van der Waals surface area contributed by atoms with E-state index in [-0.39, 0.29) is 17.8 Å². The molecule has 5 nitrogen and oxygen atoms in total. The number of hydrogen-bond acceptors (Lipinski definition) is 4. The summed E-state index contributed by atoms with van der Waals surface area (Å²) in [5.41, 5.74) is -0.918. The van der Waals surface area contributed by atoms with Gasteiger partial charge >= 0.3 is 5.97 Å². The van der Waals surface area contributed by atoms with Gasteiger partial charge in [0.1, 0.15) is 5.54 Å². The smallest absolute Gasteiger partial charge is 0.331 e. The largest absolute Gasteiger partial charge is 0.464 e. The molecule has 0 radical (unpaired) electrons. The van der Waals surface area contributed by atoms with Crippen LogP contribution in [0.5, 0.6) is 0 Å². The molecule has 22 heavy (non-hydrogen) atoms. The van der Waals surface area contributed by atoms with Gasteiger partial charge in [0, 0.05) is 19.1 Å². The number of nitrogens with one attached hydrogen (secondary N) is 1. The van der Waals surface area contributed by atoms with E-state index in [2.05, 4.69) is 12.2 Å². The second-order valence-electron chi connectivity index (χ2n) is 6.24. The number of amides is 1. The Bertz CT molecular complexity index is 353. The Kier molecular flexibility index (Phi) is 8.46. The van der Waals surface area contributed by atoms with E-state index in [9.17, 15) is 9.59 Å². The van der Waals surface area contributed by atoms with Gasteiger partial charge in [0.15, 0.2) is 0 Å². The fourth-order valence-electron chi connectivity index (χ4n) is 2.75. The molecular weight excluding hydrogens is 282 g/mol. The van der Waals surface area contributed by atoms with Crippen molar-refractivity contribution in [2.24, 2.45) is 5.92 Å². The Balaban J connectivity index is 2.62. The summed E-state index contributed by atoms with van der Waals surface area (Å²) in [7, 11) is 0. The second-order valence-corrected chi connectivity index (χ2v) is 6.24. The predicted molar refractivity (Wildman–Crippen MR) is 85.5 cm³/mol.